The fraction of sp³-hybridized carbons (Fsp3) is 0.462. The van der Waals surface area contributed by atoms with Crippen LogP contribution in [-0.2, 0) is 14.8 Å². The summed E-state index contributed by atoms with van der Waals surface area (Å²) in [6, 6.07) is 2.84. The van der Waals surface area contributed by atoms with Crippen molar-refractivity contribution in [2.75, 3.05) is 14.2 Å². The van der Waals surface area contributed by atoms with Crippen LogP contribution in [0.4, 0.5) is 0 Å². The SMILES string of the molecule is COc1ccc(S(=O)(=O)N[C@@H](C(=O)O)C(C)C)cc1OC. The van der Waals surface area contributed by atoms with Crippen molar-refractivity contribution >= 4 is 16.0 Å². The summed E-state index contributed by atoms with van der Waals surface area (Å²) in [5, 5.41) is 9.07. The van der Waals surface area contributed by atoms with E-state index in [9.17, 15) is 13.2 Å². The van der Waals surface area contributed by atoms with Gasteiger partial charge in [-0.05, 0) is 18.1 Å². The second-order valence-corrected chi connectivity index (χ2v) is 6.41. The van der Waals surface area contributed by atoms with E-state index in [2.05, 4.69) is 4.72 Å². The van der Waals surface area contributed by atoms with Crippen molar-refractivity contribution in [1.29, 1.82) is 0 Å². The molecular weight excluding hydrogens is 298 g/mol. The van der Waals surface area contributed by atoms with Crippen molar-refractivity contribution < 1.29 is 27.8 Å². The maximum Gasteiger partial charge on any atom is 0.322 e. The van der Waals surface area contributed by atoms with E-state index in [1.807, 2.05) is 0 Å². The molecule has 0 aliphatic heterocycles. The smallest absolute Gasteiger partial charge is 0.322 e. The van der Waals surface area contributed by atoms with E-state index in [1.54, 1.807) is 13.8 Å². The average molecular weight is 317 g/mol. The topological polar surface area (TPSA) is 102 Å². The summed E-state index contributed by atoms with van der Waals surface area (Å²) in [6.45, 7) is 3.24. The van der Waals surface area contributed by atoms with Gasteiger partial charge in [0.2, 0.25) is 10.0 Å². The number of ether oxygens (including phenoxy) is 2. The molecule has 7 nitrogen and oxygen atoms in total. The van der Waals surface area contributed by atoms with Crippen LogP contribution in [0.5, 0.6) is 11.5 Å². The third-order valence-corrected chi connectivity index (χ3v) is 4.32. The number of hydrogen-bond acceptors (Lipinski definition) is 5. The molecule has 0 bridgehead atoms. The molecule has 1 atom stereocenters. The highest BCUT2D eigenvalue weighted by Gasteiger charge is 2.28. The highest BCUT2D eigenvalue weighted by atomic mass is 32.2. The van der Waals surface area contributed by atoms with Crippen LogP contribution in [0.2, 0.25) is 0 Å². The zero-order valence-electron chi connectivity index (χ0n) is 12.3. The van der Waals surface area contributed by atoms with Crippen molar-refractivity contribution in [3.05, 3.63) is 18.2 Å². The van der Waals surface area contributed by atoms with Gasteiger partial charge in [0, 0.05) is 6.07 Å². The number of nitrogens with one attached hydrogen (secondary N) is 1. The van der Waals surface area contributed by atoms with Crippen molar-refractivity contribution in [3.8, 4) is 11.5 Å². The Kier molecular flexibility index (Phi) is 5.56. The Morgan fingerprint density at radius 1 is 1.19 bits per heavy atom. The van der Waals surface area contributed by atoms with Gasteiger partial charge in [-0.1, -0.05) is 13.8 Å². The van der Waals surface area contributed by atoms with E-state index in [1.165, 1.54) is 32.4 Å². The van der Waals surface area contributed by atoms with Gasteiger partial charge in [0.05, 0.1) is 19.1 Å². The Hall–Kier alpha value is -1.80. The molecule has 21 heavy (non-hydrogen) atoms. The number of aliphatic carboxylic acids is 1. The molecule has 2 N–H and O–H groups in total. The lowest BCUT2D eigenvalue weighted by atomic mass is 10.1. The summed E-state index contributed by atoms with van der Waals surface area (Å²) in [5.41, 5.74) is 0. The average Bonchev–Trinajstić information content (AvgIpc) is 2.43. The van der Waals surface area contributed by atoms with Gasteiger partial charge in [-0.15, -0.1) is 0 Å². The highest BCUT2D eigenvalue weighted by Crippen LogP contribution is 2.29. The molecule has 0 unspecified atom stereocenters. The molecule has 0 saturated heterocycles. The molecule has 0 radical (unpaired) electrons. The quantitative estimate of drug-likeness (QED) is 0.780. The largest absolute Gasteiger partial charge is 0.493 e. The summed E-state index contributed by atoms with van der Waals surface area (Å²) in [7, 11) is -1.15. The van der Waals surface area contributed by atoms with Crippen LogP contribution >= 0.6 is 0 Å². The molecule has 0 aromatic heterocycles. The first-order chi connectivity index (χ1) is 9.72. The lowest BCUT2D eigenvalue weighted by Gasteiger charge is -2.18. The molecule has 0 heterocycles. The molecule has 0 saturated carbocycles. The third kappa shape index (κ3) is 4.08. The van der Waals surface area contributed by atoms with Crippen LogP contribution in [0.25, 0.3) is 0 Å². The maximum absolute atomic E-state index is 12.2. The van der Waals surface area contributed by atoms with Crippen molar-refractivity contribution in [1.82, 2.24) is 4.72 Å². The Labute approximate surface area is 123 Å². The first kappa shape index (κ1) is 17.3. The summed E-state index contributed by atoms with van der Waals surface area (Å²) in [5.74, 6) is -0.988. The number of carbonyl (C=O) groups is 1. The van der Waals surface area contributed by atoms with Gasteiger partial charge < -0.3 is 14.6 Å². The van der Waals surface area contributed by atoms with E-state index >= 15 is 0 Å². The van der Waals surface area contributed by atoms with E-state index in [-0.39, 0.29) is 10.6 Å². The molecule has 0 aliphatic carbocycles. The summed E-state index contributed by atoms with van der Waals surface area (Å²) in [4.78, 5) is 11.0. The van der Waals surface area contributed by atoms with E-state index in [0.29, 0.717) is 5.75 Å². The number of methoxy groups -OCH3 is 2. The Morgan fingerprint density at radius 3 is 2.19 bits per heavy atom. The van der Waals surface area contributed by atoms with Gasteiger partial charge in [-0.2, -0.15) is 4.72 Å². The number of carboxylic acid groups (broad SMARTS) is 1. The predicted molar refractivity (Wildman–Crippen MR) is 76.1 cm³/mol. The minimum absolute atomic E-state index is 0.0907. The second-order valence-electron chi connectivity index (χ2n) is 4.70. The Balaban J connectivity index is 3.16. The molecule has 0 amide bonds. The van der Waals surface area contributed by atoms with Crippen LogP contribution in [0.3, 0.4) is 0 Å². The van der Waals surface area contributed by atoms with Crippen LogP contribution in [-0.4, -0.2) is 39.8 Å². The first-order valence-corrected chi connectivity index (χ1v) is 7.68. The molecular formula is C13H19NO6S. The van der Waals surface area contributed by atoms with Gasteiger partial charge in [-0.25, -0.2) is 8.42 Å². The fourth-order valence-corrected chi connectivity index (χ4v) is 3.04. The molecule has 0 fully saturated rings. The number of hydrogen-bond donors (Lipinski definition) is 2. The molecule has 1 aromatic rings. The number of sulfonamides is 1. The third-order valence-electron chi connectivity index (χ3n) is 2.88. The lowest BCUT2D eigenvalue weighted by Crippen LogP contribution is -2.44. The van der Waals surface area contributed by atoms with E-state index in [4.69, 9.17) is 14.6 Å². The number of benzene rings is 1. The van der Waals surface area contributed by atoms with E-state index in [0.717, 1.165) is 0 Å². The van der Waals surface area contributed by atoms with Crippen LogP contribution < -0.4 is 14.2 Å². The standard InChI is InChI=1S/C13H19NO6S/c1-8(2)12(13(15)16)14-21(17,18)9-5-6-10(19-3)11(7-9)20-4/h5-8,12,14H,1-4H3,(H,15,16)/t12-/m1/s1. The van der Waals surface area contributed by atoms with Crippen LogP contribution in [0.15, 0.2) is 23.1 Å². The predicted octanol–water partition coefficient (Wildman–Crippen LogP) is 1.09. The van der Waals surface area contributed by atoms with Crippen molar-refractivity contribution in [3.63, 3.8) is 0 Å². The molecule has 0 spiro atoms. The molecule has 1 aromatic carbocycles. The van der Waals surface area contributed by atoms with Gasteiger partial charge >= 0.3 is 5.97 Å². The summed E-state index contributed by atoms with van der Waals surface area (Å²) in [6.07, 6.45) is 0. The minimum atomic E-state index is -3.97. The zero-order chi connectivity index (χ0) is 16.2. The van der Waals surface area contributed by atoms with Crippen molar-refractivity contribution in [2.45, 2.75) is 24.8 Å². The Bertz CT molecular complexity index is 611. The van der Waals surface area contributed by atoms with Crippen molar-refractivity contribution in [2.24, 2.45) is 5.92 Å². The highest BCUT2D eigenvalue weighted by molar-refractivity contribution is 7.89. The summed E-state index contributed by atoms with van der Waals surface area (Å²) < 4.78 is 36.7. The molecule has 8 heteroatoms. The zero-order valence-corrected chi connectivity index (χ0v) is 13.1. The van der Waals surface area contributed by atoms with Gasteiger partial charge in [0.1, 0.15) is 6.04 Å². The number of carboxylic acids is 1. The minimum Gasteiger partial charge on any atom is -0.493 e. The second kappa shape index (κ2) is 6.77. The summed E-state index contributed by atoms with van der Waals surface area (Å²) >= 11 is 0. The Morgan fingerprint density at radius 2 is 1.76 bits per heavy atom. The molecule has 1 rings (SSSR count). The van der Waals surface area contributed by atoms with Crippen LogP contribution in [0, 0.1) is 5.92 Å². The van der Waals surface area contributed by atoms with E-state index < -0.39 is 28.0 Å². The van der Waals surface area contributed by atoms with Gasteiger partial charge in [-0.3, -0.25) is 4.79 Å². The lowest BCUT2D eigenvalue weighted by molar-refractivity contribution is -0.140. The normalized spacial score (nSPS) is 13.0. The van der Waals surface area contributed by atoms with Gasteiger partial charge in [0.25, 0.3) is 0 Å². The fourth-order valence-electron chi connectivity index (χ4n) is 1.69. The van der Waals surface area contributed by atoms with Gasteiger partial charge in [0.15, 0.2) is 11.5 Å². The first-order valence-electron chi connectivity index (χ1n) is 6.20. The number of rotatable bonds is 7. The monoisotopic (exact) mass is 317 g/mol. The molecule has 0 aliphatic rings. The maximum atomic E-state index is 12.2. The van der Waals surface area contributed by atoms with Crippen LogP contribution in [0.1, 0.15) is 13.8 Å². The molecule has 118 valence electrons.